The highest BCUT2D eigenvalue weighted by atomic mass is 16.3. The lowest BCUT2D eigenvalue weighted by molar-refractivity contribution is 0.0653. The van der Waals surface area contributed by atoms with Crippen LogP contribution in [0.2, 0.25) is 0 Å². The zero-order valence-corrected chi connectivity index (χ0v) is 17.5. The first-order chi connectivity index (χ1) is 14.8. The number of amides is 1. The second-order valence-electron chi connectivity index (χ2n) is 7.96. The van der Waals surface area contributed by atoms with Gasteiger partial charge in [0.05, 0.1) is 11.4 Å². The normalized spacial score (nSPS) is 15.2. The molecule has 0 N–H and O–H groups in total. The van der Waals surface area contributed by atoms with Crippen molar-refractivity contribution in [3.05, 3.63) is 65.8 Å². The van der Waals surface area contributed by atoms with Gasteiger partial charge < -0.3 is 9.32 Å². The number of nitrogens with zero attached hydrogens (tertiary/aromatic N) is 4. The van der Waals surface area contributed by atoms with Gasteiger partial charge >= 0.3 is 0 Å². The third kappa shape index (κ3) is 6.84. The number of aromatic nitrogens is 1. The standard InChI is InChI=1S/C24H30N4O2/c1-25-27-22(19-21-10-14-26-15-11-21)8-5-3-2-4-7-20-12-16-28(17-13-20)24(29)23-9-6-18-30-23/h6,9-11,14-15,18,20H,2-5,7-8,12-13,16-17,19H2/b27-22+. The predicted octanol–water partition coefficient (Wildman–Crippen LogP) is 5.39. The van der Waals surface area contributed by atoms with E-state index in [1.165, 1.54) is 25.7 Å². The number of rotatable bonds is 10. The van der Waals surface area contributed by atoms with Crippen LogP contribution in [0, 0.1) is 12.5 Å². The van der Waals surface area contributed by atoms with Crippen molar-refractivity contribution in [2.75, 3.05) is 13.1 Å². The molecule has 0 atom stereocenters. The van der Waals surface area contributed by atoms with Crippen molar-refractivity contribution < 1.29 is 9.21 Å². The maximum absolute atomic E-state index is 12.3. The number of hydrogen-bond acceptors (Lipinski definition) is 4. The summed E-state index contributed by atoms with van der Waals surface area (Å²) in [6.45, 7) is 8.69. The molecule has 1 aliphatic heterocycles. The van der Waals surface area contributed by atoms with E-state index in [0.29, 0.717) is 5.76 Å². The van der Waals surface area contributed by atoms with Crippen LogP contribution in [0.1, 0.15) is 67.5 Å². The van der Waals surface area contributed by atoms with Crippen LogP contribution in [0.4, 0.5) is 0 Å². The second kappa shape index (κ2) is 11.9. The van der Waals surface area contributed by atoms with Gasteiger partial charge in [0.25, 0.3) is 5.91 Å². The van der Waals surface area contributed by atoms with Gasteiger partial charge in [-0.25, -0.2) is 0 Å². The molecule has 0 aromatic carbocycles. The Labute approximate surface area is 178 Å². The van der Waals surface area contributed by atoms with Gasteiger partial charge in [-0.2, -0.15) is 6.57 Å². The van der Waals surface area contributed by atoms with E-state index in [2.05, 4.69) is 15.0 Å². The van der Waals surface area contributed by atoms with Gasteiger partial charge in [-0.05, 0) is 61.4 Å². The molecular formula is C24H30N4O2. The van der Waals surface area contributed by atoms with E-state index in [9.17, 15) is 4.79 Å². The molecule has 158 valence electrons. The van der Waals surface area contributed by atoms with E-state index in [0.717, 1.165) is 62.4 Å². The van der Waals surface area contributed by atoms with E-state index in [-0.39, 0.29) is 5.91 Å². The fourth-order valence-corrected chi connectivity index (χ4v) is 4.08. The number of furan rings is 1. The number of pyridine rings is 1. The van der Waals surface area contributed by atoms with Crippen molar-refractivity contribution in [2.45, 2.75) is 57.8 Å². The SMILES string of the molecule is [C-]#[N+]/N=C(\CCCCCCC1CCN(C(=O)c2ccco2)CC1)Cc1ccncc1. The first-order valence-corrected chi connectivity index (χ1v) is 10.9. The summed E-state index contributed by atoms with van der Waals surface area (Å²) in [5.41, 5.74) is 2.12. The molecule has 3 heterocycles. The number of likely N-dealkylation sites (tertiary alicyclic amines) is 1. The fourth-order valence-electron chi connectivity index (χ4n) is 4.08. The van der Waals surface area contributed by atoms with Gasteiger partial charge in [0, 0.05) is 31.9 Å². The minimum atomic E-state index is 0.0158. The average molecular weight is 407 g/mol. The molecule has 2 aromatic rings. The van der Waals surface area contributed by atoms with Crippen molar-refractivity contribution in [2.24, 2.45) is 11.0 Å². The number of hydrogen-bond donors (Lipinski definition) is 0. The molecule has 0 bridgehead atoms. The molecule has 0 aliphatic carbocycles. The highest BCUT2D eigenvalue weighted by Gasteiger charge is 2.24. The molecule has 2 aromatic heterocycles. The zero-order valence-electron chi connectivity index (χ0n) is 17.5. The van der Waals surface area contributed by atoms with Crippen LogP contribution in [0.5, 0.6) is 0 Å². The molecule has 0 spiro atoms. The topological polar surface area (TPSA) is 63.1 Å². The summed E-state index contributed by atoms with van der Waals surface area (Å²) in [6.07, 6.45) is 14.8. The molecule has 0 unspecified atom stereocenters. The molecule has 3 rings (SSSR count). The van der Waals surface area contributed by atoms with Crippen LogP contribution in [0.25, 0.3) is 4.95 Å². The van der Waals surface area contributed by atoms with Crippen LogP contribution in [-0.2, 0) is 6.42 Å². The van der Waals surface area contributed by atoms with Crippen molar-refractivity contribution in [3.63, 3.8) is 0 Å². The minimum absolute atomic E-state index is 0.0158. The molecule has 1 amide bonds. The molecule has 1 saturated heterocycles. The van der Waals surface area contributed by atoms with E-state index >= 15 is 0 Å². The Morgan fingerprint density at radius 3 is 2.63 bits per heavy atom. The summed E-state index contributed by atoms with van der Waals surface area (Å²) in [4.78, 5) is 21.5. The lowest BCUT2D eigenvalue weighted by Gasteiger charge is -2.31. The largest absolute Gasteiger partial charge is 0.459 e. The molecule has 0 saturated carbocycles. The summed E-state index contributed by atoms with van der Waals surface area (Å²) >= 11 is 0. The van der Waals surface area contributed by atoms with Crippen molar-refractivity contribution >= 4 is 11.6 Å². The molecule has 0 radical (unpaired) electrons. The van der Waals surface area contributed by atoms with Gasteiger partial charge in [-0.1, -0.05) is 25.7 Å². The number of piperidine rings is 1. The predicted molar refractivity (Wildman–Crippen MR) is 117 cm³/mol. The number of unbranched alkanes of at least 4 members (excludes halogenated alkanes) is 3. The monoisotopic (exact) mass is 406 g/mol. The quantitative estimate of drug-likeness (QED) is 0.230. The highest BCUT2D eigenvalue weighted by molar-refractivity contribution is 5.91. The van der Waals surface area contributed by atoms with Gasteiger partial charge in [0.1, 0.15) is 5.71 Å². The molecule has 30 heavy (non-hydrogen) atoms. The van der Waals surface area contributed by atoms with Crippen LogP contribution in [0.15, 0.2) is 52.4 Å². The van der Waals surface area contributed by atoms with E-state index < -0.39 is 0 Å². The minimum Gasteiger partial charge on any atom is -0.459 e. The fraction of sp³-hybridized carbons (Fsp3) is 0.500. The van der Waals surface area contributed by atoms with Crippen LogP contribution in [-0.4, -0.2) is 34.6 Å². The first kappa shape index (κ1) is 21.8. The van der Waals surface area contributed by atoms with Gasteiger partial charge in [0.15, 0.2) is 5.76 Å². The van der Waals surface area contributed by atoms with Crippen LogP contribution in [0.3, 0.4) is 0 Å². The molecule has 6 heteroatoms. The Kier molecular flexibility index (Phi) is 8.64. The number of carbonyl (C=O) groups is 1. The third-order valence-electron chi connectivity index (χ3n) is 5.81. The smallest absolute Gasteiger partial charge is 0.289 e. The van der Waals surface area contributed by atoms with E-state index in [1.807, 2.05) is 17.0 Å². The molecule has 1 fully saturated rings. The first-order valence-electron chi connectivity index (χ1n) is 10.9. The average Bonchev–Trinajstić information content (AvgIpc) is 3.32. The van der Waals surface area contributed by atoms with Crippen molar-refractivity contribution in [1.82, 2.24) is 9.88 Å². The summed E-state index contributed by atoms with van der Waals surface area (Å²) in [7, 11) is 0. The summed E-state index contributed by atoms with van der Waals surface area (Å²) in [6, 6.07) is 7.45. The maximum atomic E-state index is 12.3. The summed E-state index contributed by atoms with van der Waals surface area (Å²) in [5.74, 6) is 1.18. The maximum Gasteiger partial charge on any atom is 0.289 e. The lowest BCUT2D eigenvalue weighted by atomic mass is 9.91. The van der Waals surface area contributed by atoms with Gasteiger partial charge in [0.2, 0.25) is 0 Å². The molecule has 6 nitrogen and oxygen atoms in total. The van der Waals surface area contributed by atoms with Gasteiger partial charge in [-0.15, -0.1) is 4.95 Å². The Morgan fingerprint density at radius 2 is 1.93 bits per heavy atom. The van der Waals surface area contributed by atoms with Crippen LogP contribution >= 0.6 is 0 Å². The lowest BCUT2D eigenvalue weighted by Crippen LogP contribution is -2.38. The summed E-state index contributed by atoms with van der Waals surface area (Å²) < 4.78 is 5.22. The Balaban J connectivity index is 1.27. The Hall–Kier alpha value is -2.94. The van der Waals surface area contributed by atoms with E-state index in [1.54, 1.807) is 30.8 Å². The Bertz CT molecular complexity index is 832. The summed E-state index contributed by atoms with van der Waals surface area (Å²) in [5, 5.41) is 4.00. The van der Waals surface area contributed by atoms with Gasteiger partial charge in [-0.3, -0.25) is 9.78 Å². The van der Waals surface area contributed by atoms with Crippen LogP contribution < -0.4 is 0 Å². The van der Waals surface area contributed by atoms with E-state index in [4.69, 9.17) is 11.0 Å². The van der Waals surface area contributed by atoms with Crippen molar-refractivity contribution in [1.29, 1.82) is 0 Å². The third-order valence-corrected chi connectivity index (χ3v) is 5.81. The highest BCUT2D eigenvalue weighted by Crippen LogP contribution is 2.24. The number of carbonyl (C=O) groups excluding carboxylic acids is 1. The molecular weight excluding hydrogens is 376 g/mol. The second-order valence-corrected chi connectivity index (χ2v) is 7.96. The molecule has 1 aliphatic rings. The van der Waals surface area contributed by atoms with Crippen molar-refractivity contribution in [3.8, 4) is 0 Å². The Morgan fingerprint density at radius 1 is 1.17 bits per heavy atom. The zero-order chi connectivity index (χ0) is 21.0.